The van der Waals surface area contributed by atoms with Crippen molar-refractivity contribution in [2.24, 2.45) is 11.8 Å². The summed E-state index contributed by atoms with van der Waals surface area (Å²) in [7, 11) is 0. The fourth-order valence-electron chi connectivity index (χ4n) is 3.36. The molecule has 2 aliphatic rings. The zero-order valence-electron chi connectivity index (χ0n) is 13.4. The van der Waals surface area contributed by atoms with Crippen molar-refractivity contribution in [1.29, 1.82) is 0 Å². The van der Waals surface area contributed by atoms with Crippen molar-refractivity contribution in [2.75, 3.05) is 19.6 Å². The molecule has 5 heteroatoms. The van der Waals surface area contributed by atoms with Gasteiger partial charge in [-0.2, -0.15) is 0 Å². The van der Waals surface area contributed by atoms with Gasteiger partial charge in [0, 0.05) is 25.6 Å². The molecule has 0 aromatic rings. The first-order chi connectivity index (χ1) is 9.90. The van der Waals surface area contributed by atoms with Gasteiger partial charge in [-0.25, -0.2) is 4.79 Å². The second kappa shape index (κ2) is 6.77. The Balaban J connectivity index is 1.99. The summed E-state index contributed by atoms with van der Waals surface area (Å²) in [5, 5.41) is 3.39. The van der Waals surface area contributed by atoms with Crippen LogP contribution in [0.25, 0.3) is 0 Å². The number of hydrogen-bond acceptors (Lipinski definition) is 4. The highest BCUT2D eigenvalue weighted by atomic mass is 16.6. The Hall–Kier alpha value is -1.10. The molecule has 21 heavy (non-hydrogen) atoms. The lowest BCUT2D eigenvalue weighted by Crippen LogP contribution is -2.57. The molecule has 0 aromatic heterocycles. The van der Waals surface area contributed by atoms with Crippen LogP contribution in [0.4, 0.5) is 4.79 Å². The number of piperazine rings is 1. The fraction of sp³-hybridized carbons (Fsp3) is 0.875. The van der Waals surface area contributed by atoms with Crippen LogP contribution in [0.15, 0.2) is 0 Å². The van der Waals surface area contributed by atoms with Crippen LogP contribution in [0, 0.1) is 11.8 Å². The van der Waals surface area contributed by atoms with E-state index < -0.39 is 5.60 Å². The van der Waals surface area contributed by atoms with E-state index in [0.29, 0.717) is 12.5 Å². The minimum Gasteiger partial charge on any atom is -0.444 e. The van der Waals surface area contributed by atoms with Crippen LogP contribution in [0.1, 0.15) is 46.5 Å². The molecule has 1 saturated heterocycles. The van der Waals surface area contributed by atoms with Crippen molar-refractivity contribution in [3.8, 4) is 0 Å². The van der Waals surface area contributed by atoms with E-state index in [1.165, 1.54) is 0 Å². The Kier molecular flexibility index (Phi) is 5.25. The largest absolute Gasteiger partial charge is 0.444 e. The summed E-state index contributed by atoms with van der Waals surface area (Å²) in [5.41, 5.74) is -0.457. The van der Waals surface area contributed by atoms with Gasteiger partial charge in [-0.1, -0.05) is 0 Å². The summed E-state index contributed by atoms with van der Waals surface area (Å²) < 4.78 is 5.54. The summed E-state index contributed by atoms with van der Waals surface area (Å²) >= 11 is 0. The fourth-order valence-corrected chi connectivity index (χ4v) is 3.36. The quantitative estimate of drug-likeness (QED) is 0.794. The summed E-state index contributed by atoms with van der Waals surface area (Å²) in [6.07, 6.45) is 4.83. The normalized spacial score (nSPS) is 30.8. The molecule has 1 atom stereocenters. The summed E-state index contributed by atoms with van der Waals surface area (Å²) in [6.45, 7) is 8.05. The number of ether oxygens (including phenoxy) is 1. The molecule has 0 radical (unpaired) electrons. The van der Waals surface area contributed by atoms with Crippen molar-refractivity contribution in [2.45, 2.75) is 58.1 Å². The van der Waals surface area contributed by atoms with Gasteiger partial charge in [-0.3, -0.25) is 0 Å². The first kappa shape index (κ1) is 16.3. The van der Waals surface area contributed by atoms with Crippen LogP contribution in [-0.4, -0.2) is 48.6 Å². The third-order valence-electron chi connectivity index (χ3n) is 4.46. The van der Waals surface area contributed by atoms with Gasteiger partial charge in [0.25, 0.3) is 0 Å². The molecule has 1 N–H and O–H groups in total. The Morgan fingerprint density at radius 2 is 1.90 bits per heavy atom. The van der Waals surface area contributed by atoms with Gasteiger partial charge in [0.2, 0.25) is 0 Å². The molecule has 1 saturated carbocycles. The minimum atomic E-state index is -0.457. The maximum absolute atomic E-state index is 12.4. The van der Waals surface area contributed by atoms with Crippen LogP contribution >= 0.6 is 0 Å². The van der Waals surface area contributed by atoms with Crippen molar-refractivity contribution >= 4 is 12.4 Å². The van der Waals surface area contributed by atoms with Crippen LogP contribution < -0.4 is 5.32 Å². The topological polar surface area (TPSA) is 58.6 Å². The standard InChI is InChI=1S/C16H28N2O3/c1-16(2,3)21-15(20)18-9-8-17-10-14(18)13-6-4-12(11-19)5-7-13/h11-14,17H,4-10H2,1-3H3. The molecule has 1 unspecified atom stereocenters. The second-order valence-electron chi connectivity index (χ2n) is 7.26. The number of carbonyl (C=O) groups excluding carboxylic acids is 2. The molecule has 1 heterocycles. The number of rotatable bonds is 2. The lowest BCUT2D eigenvalue weighted by molar-refractivity contribution is -0.112. The van der Waals surface area contributed by atoms with E-state index in [2.05, 4.69) is 5.32 Å². The van der Waals surface area contributed by atoms with Crippen molar-refractivity contribution in [3.05, 3.63) is 0 Å². The van der Waals surface area contributed by atoms with E-state index in [9.17, 15) is 9.59 Å². The van der Waals surface area contributed by atoms with Gasteiger partial charge in [-0.15, -0.1) is 0 Å². The molecule has 2 fully saturated rings. The smallest absolute Gasteiger partial charge is 0.410 e. The van der Waals surface area contributed by atoms with Crippen LogP contribution in [0.2, 0.25) is 0 Å². The predicted molar refractivity (Wildman–Crippen MR) is 81.1 cm³/mol. The first-order valence-electron chi connectivity index (χ1n) is 8.06. The number of carbonyl (C=O) groups is 2. The molecule has 2 rings (SSSR count). The Morgan fingerprint density at radius 1 is 1.24 bits per heavy atom. The molecule has 120 valence electrons. The van der Waals surface area contributed by atoms with Crippen molar-refractivity contribution in [1.82, 2.24) is 10.2 Å². The van der Waals surface area contributed by atoms with Gasteiger partial charge in [0.15, 0.2) is 0 Å². The van der Waals surface area contributed by atoms with E-state index in [1.807, 2.05) is 25.7 Å². The summed E-state index contributed by atoms with van der Waals surface area (Å²) in [4.78, 5) is 25.2. The van der Waals surface area contributed by atoms with Gasteiger partial charge < -0.3 is 19.7 Å². The van der Waals surface area contributed by atoms with Gasteiger partial charge in [0.1, 0.15) is 11.9 Å². The third kappa shape index (κ3) is 4.43. The zero-order valence-corrected chi connectivity index (χ0v) is 13.4. The van der Waals surface area contributed by atoms with Gasteiger partial charge >= 0.3 is 6.09 Å². The molecule has 1 aliphatic carbocycles. The van der Waals surface area contributed by atoms with E-state index in [0.717, 1.165) is 45.1 Å². The molecule has 5 nitrogen and oxygen atoms in total. The van der Waals surface area contributed by atoms with Crippen LogP contribution in [0.5, 0.6) is 0 Å². The number of nitrogens with one attached hydrogen (secondary N) is 1. The van der Waals surface area contributed by atoms with Gasteiger partial charge in [-0.05, 0) is 52.4 Å². The Morgan fingerprint density at radius 3 is 2.48 bits per heavy atom. The number of amides is 1. The first-order valence-corrected chi connectivity index (χ1v) is 8.06. The van der Waals surface area contributed by atoms with E-state index in [1.54, 1.807) is 0 Å². The summed E-state index contributed by atoms with van der Waals surface area (Å²) in [5.74, 6) is 0.689. The highest BCUT2D eigenvalue weighted by molar-refractivity contribution is 5.68. The van der Waals surface area contributed by atoms with Crippen LogP contribution in [-0.2, 0) is 9.53 Å². The van der Waals surface area contributed by atoms with Crippen LogP contribution in [0.3, 0.4) is 0 Å². The maximum Gasteiger partial charge on any atom is 0.410 e. The van der Waals surface area contributed by atoms with E-state index >= 15 is 0 Å². The molecular weight excluding hydrogens is 268 g/mol. The molecule has 1 aliphatic heterocycles. The molecule has 0 bridgehead atoms. The number of nitrogens with zero attached hydrogens (tertiary/aromatic N) is 1. The number of aldehydes is 1. The molecule has 1 amide bonds. The monoisotopic (exact) mass is 296 g/mol. The average Bonchev–Trinajstić information content (AvgIpc) is 2.45. The van der Waals surface area contributed by atoms with Gasteiger partial charge in [0.05, 0.1) is 6.04 Å². The highest BCUT2D eigenvalue weighted by Gasteiger charge is 2.36. The number of hydrogen-bond donors (Lipinski definition) is 1. The second-order valence-corrected chi connectivity index (χ2v) is 7.26. The molecular formula is C16H28N2O3. The maximum atomic E-state index is 12.4. The lowest BCUT2D eigenvalue weighted by atomic mass is 9.78. The Labute approximate surface area is 127 Å². The third-order valence-corrected chi connectivity index (χ3v) is 4.46. The van der Waals surface area contributed by atoms with Crippen molar-refractivity contribution in [3.63, 3.8) is 0 Å². The molecule has 0 aromatic carbocycles. The minimum absolute atomic E-state index is 0.196. The SMILES string of the molecule is CC(C)(C)OC(=O)N1CCNCC1C1CCC(C=O)CC1. The van der Waals surface area contributed by atoms with E-state index in [-0.39, 0.29) is 18.1 Å². The zero-order chi connectivity index (χ0) is 15.5. The highest BCUT2D eigenvalue weighted by Crippen LogP contribution is 2.32. The molecule has 0 spiro atoms. The Bertz CT molecular complexity index is 370. The summed E-state index contributed by atoms with van der Waals surface area (Å²) in [6, 6.07) is 0.196. The average molecular weight is 296 g/mol. The lowest BCUT2D eigenvalue weighted by Gasteiger charge is -2.42. The van der Waals surface area contributed by atoms with E-state index in [4.69, 9.17) is 4.74 Å². The van der Waals surface area contributed by atoms with Crippen molar-refractivity contribution < 1.29 is 14.3 Å². The predicted octanol–water partition coefficient (Wildman–Crippen LogP) is 2.20.